The Morgan fingerprint density at radius 2 is 2.00 bits per heavy atom. The lowest BCUT2D eigenvalue weighted by atomic mass is 10.2. The van der Waals surface area contributed by atoms with E-state index in [1.165, 1.54) is 0 Å². The first-order valence-corrected chi connectivity index (χ1v) is 4.71. The van der Waals surface area contributed by atoms with Gasteiger partial charge in [-0.3, -0.25) is 4.79 Å². The van der Waals surface area contributed by atoms with E-state index in [1.807, 2.05) is 31.2 Å². The van der Waals surface area contributed by atoms with E-state index < -0.39 is 0 Å². The number of rotatable bonds is 7. The Hall–Kier alpha value is -1.55. The molecule has 0 unspecified atom stereocenters. The summed E-state index contributed by atoms with van der Waals surface area (Å²) in [6.45, 7) is 3.54. The summed E-state index contributed by atoms with van der Waals surface area (Å²) in [6.07, 6.45) is 0. The average Bonchev–Trinajstić information content (AvgIpc) is 2.28. The van der Waals surface area contributed by atoms with Crippen LogP contribution in [0.15, 0.2) is 24.3 Å². The molecule has 15 heavy (non-hydrogen) atoms. The molecular formula is C11H14O4. The van der Waals surface area contributed by atoms with Gasteiger partial charge in [0.1, 0.15) is 5.75 Å². The van der Waals surface area contributed by atoms with Crippen LogP contribution < -0.4 is 4.74 Å². The minimum absolute atomic E-state index is 0.0612. The van der Waals surface area contributed by atoms with Gasteiger partial charge in [0, 0.05) is 6.61 Å². The van der Waals surface area contributed by atoms with E-state index in [0.29, 0.717) is 25.4 Å². The highest BCUT2D eigenvalue weighted by atomic mass is 16.7. The molecule has 0 spiro atoms. The van der Waals surface area contributed by atoms with Crippen molar-refractivity contribution in [1.29, 1.82) is 0 Å². The Kier molecular flexibility index (Phi) is 5.25. The number of hydrogen-bond donors (Lipinski definition) is 0. The van der Waals surface area contributed by atoms with Crippen molar-refractivity contribution >= 4 is 6.47 Å². The molecule has 1 aromatic rings. The van der Waals surface area contributed by atoms with Gasteiger partial charge in [0.25, 0.3) is 6.47 Å². The predicted molar refractivity (Wildman–Crippen MR) is 54.4 cm³/mol. The van der Waals surface area contributed by atoms with Crippen molar-refractivity contribution in [2.24, 2.45) is 0 Å². The van der Waals surface area contributed by atoms with Crippen LogP contribution >= 0.6 is 0 Å². The number of hydrogen-bond acceptors (Lipinski definition) is 4. The molecule has 0 aromatic heterocycles. The molecule has 0 fully saturated rings. The molecule has 0 aliphatic rings. The molecule has 0 saturated carbocycles. The first kappa shape index (κ1) is 11.5. The number of carbonyl (C=O) groups is 1. The molecule has 1 rings (SSSR count). The fourth-order valence-electron chi connectivity index (χ4n) is 1.03. The van der Waals surface area contributed by atoms with Gasteiger partial charge in [-0.25, -0.2) is 0 Å². The minimum atomic E-state index is -0.0612. The molecule has 4 nitrogen and oxygen atoms in total. The second kappa shape index (κ2) is 6.84. The van der Waals surface area contributed by atoms with E-state index in [2.05, 4.69) is 4.74 Å². The third-order valence-electron chi connectivity index (χ3n) is 1.76. The lowest BCUT2D eigenvalue weighted by Crippen LogP contribution is -2.01. The first-order valence-electron chi connectivity index (χ1n) is 4.71. The highest BCUT2D eigenvalue weighted by Crippen LogP contribution is 2.12. The van der Waals surface area contributed by atoms with E-state index in [9.17, 15) is 4.79 Å². The number of benzene rings is 1. The van der Waals surface area contributed by atoms with Gasteiger partial charge in [0.15, 0.2) is 0 Å². The van der Waals surface area contributed by atoms with Crippen molar-refractivity contribution in [2.45, 2.75) is 13.5 Å². The summed E-state index contributed by atoms with van der Waals surface area (Å²) in [4.78, 5) is 9.85. The van der Waals surface area contributed by atoms with Crippen LogP contribution in [0.5, 0.6) is 5.75 Å². The smallest absolute Gasteiger partial charge is 0.295 e. The monoisotopic (exact) mass is 210 g/mol. The summed E-state index contributed by atoms with van der Waals surface area (Å²) in [5.41, 5.74) is 1.08. The lowest BCUT2D eigenvalue weighted by Gasteiger charge is -2.05. The van der Waals surface area contributed by atoms with Gasteiger partial charge in [-0.15, -0.1) is 0 Å². The van der Waals surface area contributed by atoms with Gasteiger partial charge in [-0.05, 0) is 24.6 Å². The number of ether oxygens (including phenoxy) is 3. The average molecular weight is 210 g/mol. The van der Waals surface area contributed by atoms with Crippen molar-refractivity contribution < 1.29 is 19.0 Å². The van der Waals surface area contributed by atoms with Gasteiger partial charge in [-0.1, -0.05) is 12.1 Å². The van der Waals surface area contributed by atoms with Crippen molar-refractivity contribution in [2.75, 3.05) is 13.4 Å². The van der Waals surface area contributed by atoms with Crippen molar-refractivity contribution in [3.8, 4) is 5.75 Å². The summed E-state index contributed by atoms with van der Waals surface area (Å²) in [5, 5.41) is 0. The van der Waals surface area contributed by atoms with E-state index in [-0.39, 0.29) is 6.79 Å². The van der Waals surface area contributed by atoms with Crippen LogP contribution in [-0.2, 0) is 20.9 Å². The molecule has 0 amide bonds. The van der Waals surface area contributed by atoms with Crippen LogP contribution in [0.25, 0.3) is 0 Å². The highest BCUT2D eigenvalue weighted by molar-refractivity contribution is 5.36. The Bertz CT molecular complexity index is 281. The van der Waals surface area contributed by atoms with E-state index in [1.54, 1.807) is 0 Å². The molecular weight excluding hydrogens is 196 g/mol. The van der Waals surface area contributed by atoms with E-state index >= 15 is 0 Å². The fourth-order valence-corrected chi connectivity index (χ4v) is 1.03. The Labute approximate surface area is 88.8 Å². The summed E-state index contributed by atoms with van der Waals surface area (Å²) in [5.74, 6) is 0.664. The van der Waals surface area contributed by atoms with Crippen LogP contribution in [0.2, 0.25) is 0 Å². The third kappa shape index (κ3) is 4.46. The van der Waals surface area contributed by atoms with E-state index in [4.69, 9.17) is 9.47 Å². The summed E-state index contributed by atoms with van der Waals surface area (Å²) in [7, 11) is 0. The molecule has 0 atom stereocenters. The molecule has 1 aromatic carbocycles. The van der Waals surface area contributed by atoms with Crippen LogP contribution in [0.1, 0.15) is 12.5 Å². The Morgan fingerprint density at radius 1 is 1.27 bits per heavy atom. The zero-order chi connectivity index (χ0) is 10.9. The summed E-state index contributed by atoms with van der Waals surface area (Å²) < 4.78 is 14.8. The Morgan fingerprint density at radius 3 is 2.60 bits per heavy atom. The van der Waals surface area contributed by atoms with Crippen molar-refractivity contribution in [3.63, 3.8) is 0 Å². The minimum Gasteiger partial charge on any atom is -0.457 e. The maximum absolute atomic E-state index is 9.85. The van der Waals surface area contributed by atoms with Crippen LogP contribution in [0.4, 0.5) is 0 Å². The standard InChI is InChI=1S/C11H14O4/c1-2-13-7-10-3-5-11(6-4-10)15-9-14-8-12/h3-6,8H,2,7,9H2,1H3. The fraction of sp³-hybridized carbons (Fsp3) is 0.364. The zero-order valence-electron chi connectivity index (χ0n) is 8.64. The first-order chi connectivity index (χ1) is 7.36. The normalized spacial score (nSPS) is 9.67. The molecule has 0 heterocycles. The molecule has 0 N–H and O–H groups in total. The second-order valence-electron chi connectivity index (χ2n) is 2.81. The van der Waals surface area contributed by atoms with Crippen molar-refractivity contribution in [3.05, 3.63) is 29.8 Å². The van der Waals surface area contributed by atoms with E-state index in [0.717, 1.165) is 5.56 Å². The van der Waals surface area contributed by atoms with Crippen molar-refractivity contribution in [1.82, 2.24) is 0 Å². The predicted octanol–water partition coefficient (Wildman–Crippen LogP) is 1.73. The summed E-state index contributed by atoms with van der Waals surface area (Å²) >= 11 is 0. The van der Waals surface area contributed by atoms with Gasteiger partial charge in [0.2, 0.25) is 6.79 Å². The third-order valence-corrected chi connectivity index (χ3v) is 1.76. The van der Waals surface area contributed by atoms with Crippen LogP contribution in [0, 0.1) is 0 Å². The largest absolute Gasteiger partial charge is 0.457 e. The second-order valence-corrected chi connectivity index (χ2v) is 2.81. The van der Waals surface area contributed by atoms with Gasteiger partial charge >= 0.3 is 0 Å². The molecule has 4 heteroatoms. The SMILES string of the molecule is CCOCc1ccc(OCOC=O)cc1. The molecule has 0 aliphatic heterocycles. The molecule has 0 radical (unpaired) electrons. The molecule has 0 aliphatic carbocycles. The van der Waals surface area contributed by atoms with Gasteiger partial charge in [-0.2, -0.15) is 0 Å². The number of carbonyl (C=O) groups excluding carboxylic acids is 1. The Balaban J connectivity index is 2.38. The van der Waals surface area contributed by atoms with Crippen LogP contribution in [-0.4, -0.2) is 19.9 Å². The van der Waals surface area contributed by atoms with Crippen LogP contribution in [0.3, 0.4) is 0 Å². The maximum atomic E-state index is 9.85. The summed E-state index contributed by atoms with van der Waals surface area (Å²) in [6, 6.07) is 7.43. The quantitative estimate of drug-likeness (QED) is 0.390. The van der Waals surface area contributed by atoms with Gasteiger partial charge < -0.3 is 14.2 Å². The zero-order valence-corrected chi connectivity index (χ0v) is 8.64. The molecule has 82 valence electrons. The lowest BCUT2D eigenvalue weighted by molar-refractivity contribution is -0.134. The van der Waals surface area contributed by atoms with Gasteiger partial charge in [0.05, 0.1) is 6.61 Å². The maximum Gasteiger partial charge on any atom is 0.295 e. The molecule has 0 bridgehead atoms. The highest BCUT2D eigenvalue weighted by Gasteiger charge is 1.95. The molecule has 0 saturated heterocycles. The topological polar surface area (TPSA) is 44.8 Å².